The summed E-state index contributed by atoms with van der Waals surface area (Å²) in [7, 11) is 2.40. The Hall–Kier alpha value is -2.12. The molecular formula is C20H18Br2O5. The van der Waals surface area contributed by atoms with Crippen LogP contribution in [0.25, 0.3) is 6.08 Å². The van der Waals surface area contributed by atoms with Gasteiger partial charge in [-0.05, 0) is 68.1 Å². The molecule has 0 atom stereocenters. The second kappa shape index (κ2) is 9.71. The summed E-state index contributed by atoms with van der Waals surface area (Å²) >= 11 is 6.93. The van der Waals surface area contributed by atoms with Gasteiger partial charge in [-0.3, -0.25) is 0 Å². The van der Waals surface area contributed by atoms with Crippen LogP contribution in [0.3, 0.4) is 0 Å². The summed E-state index contributed by atoms with van der Waals surface area (Å²) in [6, 6.07) is 11.5. The Labute approximate surface area is 174 Å². The van der Waals surface area contributed by atoms with E-state index in [1.807, 2.05) is 31.2 Å². The van der Waals surface area contributed by atoms with E-state index in [9.17, 15) is 9.59 Å². The molecule has 5 nitrogen and oxygen atoms in total. The Bertz CT molecular complexity index is 831. The van der Waals surface area contributed by atoms with Crippen molar-refractivity contribution in [2.45, 2.75) is 13.5 Å². The molecule has 0 aliphatic heterocycles. The Morgan fingerprint density at radius 1 is 0.963 bits per heavy atom. The van der Waals surface area contributed by atoms with Gasteiger partial charge in [-0.15, -0.1) is 0 Å². The van der Waals surface area contributed by atoms with Gasteiger partial charge in [0.15, 0.2) is 0 Å². The molecule has 0 unspecified atom stereocenters. The fraction of sp³-hybridized carbons (Fsp3) is 0.200. The van der Waals surface area contributed by atoms with Crippen molar-refractivity contribution in [2.75, 3.05) is 14.2 Å². The topological polar surface area (TPSA) is 61.8 Å². The van der Waals surface area contributed by atoms with Gasteiger partial charge in [0.2, 0.25) is 0 Å². The summed E-state index contributed by atoms with van der Waals surface area (Å²) < 4.78 is 16.5. The highest BCUT2D eigenvalue weighted by molar-refractivity contribution is 9.11. The van der Waals surface area contributed by atoms with E-state index in [0.29, 0.717) is 26.9 Å². The maximum atomic E-state index is 11.8. The molecular weight excluding hydrogens is 480 g/mol. The number of benzene rings is 2. The van der Waals surface area contributed by atoms with Gasteiger partial charge in [-0.25, -0.2) is 9.59 Å². The van der Waals surface area contributed by atoms with Gasteiger partial charge in [0, 0.05) is 0 Å². The van der Waals surface area contributed by atoms with Gasteiger partial charge in [-0.2, -0.15) is 0 Å². The number of halogens is 2. The van der Waals surface area contributed by atoms with Crippen LogP contribution in [0.15, 0.2) is 50.9 Å². The van der Waals surface area contributed by atoms with Crippen LogP contribution in [0.1, 0.15) is 16.7 Å². The summed E-state index contributed by atoms with van der Waals surface area (Å²) in [5.41, 5.74) is 2.63. The average Bonchev–Trinajstić information content (AvgIpc) is 2.65. The van der Waals surface area contributed by atoms with E-state index in [1.54, 1.807) is 12.1 Å². The average molecular weight is 498 g/mol. The molecule has 2 aromatic rings. The summed E-state index contributed by atoms with van der Waals surface area (Å²) in [6.45, 7) is 2.43. The Balaban J connectivity index is 2.27. The molecule has 0 bridgehead atoms. The molecule has 0 saturated heterocycles. The minimum atomic E-state index is -0.770. The molecule has 0 radical (unpaired) electrons. The maximum Gasteiger partial charge on any atom is 0.345 e. The van der Waals surface area contributed by atoms with Crippen molar-refractivity contribution < 1.29 is 23.8 Å². The van der Waals surface area contributed by atoms with E-state index in [0.717, 1.165) is 5.56 Å². The Morgan fingerprint density at radius 3 is 1.96 bits per heavy atom. The molecule has 0 amide bonds. The smallest absolute Gasteiger partial charge is 0.345 e. The van der Waals surface area contributed by atoms with Crippen LogP contribution in [0.4, 0.5) is 0 Å². The fourth-order valence-electron chi connectivity index (χ4n) is 2.23. The lowest BCUT2D eigenvalue weighted by molar-refractivity contribution is -0.143. The van der Waals surface area contributed by atoms with Crippen molar-refractivity contribution in [3.05, 3.63) is 67.6 Å². The first kappa shape index (κ1) is 21.2. The summed E-state index contributed by atoms with van der Waals surface area (Å²) in [5, 5.41) is 0. The molecule has 27 heavy (non-hydrogen) atoms. The van der Waals surface area contributed by atoms with Crippen LogP contribution in [-0.2, 0) is 25.7 Å². The molecule has 142 valence electrons. The number of hydrogen-bond donors (Lipinski definition) is 0. The lowest BCUT2D eigenvalue weighted by atomic mass is 10.1. The normalized spacial score (nSPS) is 10.1. The van der Waals surface area contributed by atoms with Crippen LogP contribution < -0.4 is 4.74 Å². The number of methoxy groups -OCH3 is 2. The zero-order valence-corrected chi connectivity index (χ0v) is 18.2. The predicted octanol–water partition coefficient (Wildman–Crippen LogP) is 4.83. The van der Waals surface area contributed by atoms with Crippen LogP contribution in [-0.4, -0.2) is 26.2 Å². The number of carbonyl (C=O) groups is 2. The monoisotopic (exact) mass is 496 g/mol. The van der Waals surface area contributed by atoms with Crippen molar-refractivity contribution in [1.82, 2.24) is 0 Å². The number of rotatable bonds is 6. The molecule has 0 aromatic heterocycles. The largest absolute Gasteiger partial charge is 0.487 e. The standard InChI is InChI=1S/C20H18Br2O5/c1-12-4-6-13(7-5-12)11-27-18-16(21)9-14(10-17(18)22)8-15(19(23)25-2)20(24)26-3/h4-10H,11H2,1-3H3. The molecule has 0 saturated carbocycles. The van der Waals surface area contributed by atoms with Crippen LogP contribution >= 0.6 is 31.9 Å². The molecule has 2 aromatic carbocycles. The first-order valence-corrected chi connectivity index (χ1v) is 9.50. The van der Waals surface area contributed by atoms with Gasteiger partial charge in [0.05, 0.1) is 23.2 Å². The third-order valence-electron chi connectivity index (χ3n) is 3.65. The van der Waals surface area contributed by atoms with Crippen molar-refractivity contribution >= 4 is 49.9 Å². The van der Waals surface area contributed by atoms with Crippen LogP contribution in [0, 0.1) is 6.92 Å². The zero-order valence-electron chi connectivity index (χ0n) is 15.0. The molecule has 2 rings (SSSR count). The van der Waals surface area contributed by atoms with E-state index in [-0.39, 0.29) is 5.57 Å². The molecule has 0 aliphatic carbocycles. The zero-order chi connectivity index (χ0) is 20.0. The first-order chi connectivity index (χ1) is 12.8. The van der Waals surface area contributed by atoms with Gasteiger partial charge < -0.3 is 14.2 Å². The van der Waals surface area contributed by atoms with Crippen molar-refractivity contribution in [3.63, 3.8) is 0 Å². The summed E-state index contributed by atoms with van der Waals surface area (Å²) in [5.74, 6) is -0.923. The first-order valence-electron chi connectivity index (χ1n) is 7.91. The van der Waals surface area contributed by atoms with Crippen LogP contribution in [0.5, 0.6) is 5.75 Å². The number of esters is 2. The molecule has 0 fully saturated rings. The molecule has 0 N–H and O–H groups in total. The highest BCUT2D eigenvalue weighted by Crippen LogP contribution is 2.36. The minimum absolute atomic E-state index is 0.202. The number of hydrogen-bond acceptors (Lipinski definition) is 5. The molecule has 7 heteroatoms. The Kier molecular flexibility index (Phi) is 7.62. The third kappa shape index (κ3) is 5.68. The van der Waals surface area contributed by atoms with Crippen molar-refractivity contribution in [2.24, 2.45) is 0 Å². The lowest BCUT2D eigenvalue weighted by Gasteiger charge is -2.12. The fourth-order valence-corrected chi connectivity index (χ4v) is 3.68. The lowest BCUT2D eigenvalue weighted by Crippen LogP contribution is -2.15. The predicted molar refractivity (Wildman–Crippen MR) is 109 cm³/mol. The van der Waals surface area contributed by atoms with Crippen molar-refractivity contribution in [1.29, 1.82) is 0 Å². The van der Waals surface area contributed by atoms with Gasteiger partial charge in [0.1, 0.15) is 17.9 Å². The third-order valence-corrected chi connectivity index (χ3v) is 4.82. The van der Waals surface area contributed by atoms with Crippen molar-refractivity contribution in [3.8, 4) is 5.75 Å². The molecule has 0 spiro atoms. The minimum Gasteiger partial charge on any atom is -0.487 e. The van der Waals surface area contributed by atoms with E-state index < -0.39 is 11.9 Å². The van der Waals surface area contributed by atoms with Gasteiger partial charge in [-0.1, -0.05) is 29.8 Å². The number of aryl methyl sites for hydroxylation is 1. The maximum absolute atomic E-state index is 11.8. The van der Waals surface area contributed by atoms with E-state index in [2.05, 4.69) is 41.3 Å². The van der Waals surface area contributed by atoms with E-state index >= 15 is 0 Å². The number of ether oxygens (including phenoxy) is 3. The second-order valence-corrected chi connectivity index (χ2v) is 7.34. The number of carbonyl (C=O) groups excluding carboxylic acids is 2. The van der Waals surface area contributed by atoms with E-state index in [1.165, 1.54) is 25.9 Å². The van der Waals surface area contributed by atoms with Gasteiger partial charge >= 0.3 is 11.9 Å². The Morgan fingerprint density at radius 2 is 1.48 bits per heavy atom. The van der Waals surface area contributed by atoms with Gasteiger partial charge in [0.25, 0.3) is 0 Å². The second-order valence-electron chi connectivity index (χ2n) is 5.63. The van der Waals surface area contributed by atoms with E-state index in [4.69, 9.17) is 4.74 Å². The SMILES string of the molecule is COC(=O)C(=Cc1cc(Br)c(OCc2ccc(C)cc2)c(Br)c1)C(=O)OC. The van der Waals surface area contributed by atoms with Crippen LogP contribution in [0.2, 0.25) is 0 Å². The summed E-state index contributed by atoms with van der Waals surface area (Å²) in [6.07, 6.45) is 1.40. The quantitative estimate of drug-likeness (QED) is 0.247. The highest BCUT2D eigenvalue weighted by atomic mass is 79.9. The summed E-state index contributed by atoms with van der Waals surface area (Å²) in [4.78, 5) is 23.6. The molecule has 0 aliphatic rings. The molecule has 0 heterocycles. The highest BCUT2D eigenvalue weighted by Gasteiger charge is 2.20.